The standard InChI is InChI=1S/C16H16ClN3O/c1-9(2)20-16-15(10(3)19-20)13(17)8-14(18-16)11-5-4-6-12(21)7-11/h4-9,21H,1-3H3. The van der Waals surface area contributed by atoms with Crippen molar-refractivity contribution in [2.24, 2.45) is 0 Å². The molecule has 0 saturated heterocycles. The van der Waals surface area contributed by atoms with Gasteiger partial charge < -0.3 is 5.11 Å². The van der Waals surface area contributed by atoms with Crippen molar-refractivity contribution in [2.45, 2.75) is 26.8 Å². The minimum absolute atomic E-state index is 0.198. The highest BCUT2D eigenvalue weighted by Gasteiger charge is 2.16. The maximum Gasteiger partial charge on any atom is 0.160 e. The summed E-state index contributed by atoms with van der Waals surface area (Å²) >= 11 is 6.42. The van der Waals surface area contributed by atoms with E-state index in [0.29, 0.717) is 5.02 Å². The molecule has 0 aliphatic carbocycles. The van der Waals surface area contributed by atoms with Crippen molar-refractivity contribution in [1.82, 2.24) is 14.8 Å². The number of phenols is 1. The molecule has 0 saturated carbocycles. The highest BCUT2D eigenvalue weighted by Crippen LogP contribution is 2.32. The Morgan fingerprint density at radius 3 is 2.67 bits per heavy atom. The lowest BCUT2D eigenvalue weighted by Gasteiger charge is -2.08. The van der Waals surface area contributed by atoms with Crippen LogP contribution in [0.1, 0.15) is 25.6 Å². The normalized spacial score (nSPS) is 11.5. The number of halogens is 1. The number of rotatable bonds is 2. The molecule has 1 aromatic carbocycles. The maximum absolute atomic E-state index is 9.63. The number of pyridine rings is 1. The summed E-state index contributed by atoms with van der Waals surface area (Å²) < 4.78 is 1.88. The predicted molar refractivity (Wildman–Crippen MR) is 84.8 cm³/mol. The third-order valence-corrected chi connectivity index (χ3v) is 3.72. The second-order valence-electron chi connectivity index (χ2n) is 5.36. The number of aryl methyl sites for hydroxylation is 1. The second kappa shape index (κ2) is 5.04. The van der Waals surface area contributed by atoms with Gasteiger partial charge in [-0.2, -0.15) is 5.10 Å². The summed E-state index contributed by atoms with van der Waals surface area (Å²) in [7, 11) is 0. The molecule has 0 radical (unpaired) electrons. The monoisotopic (exact) mass is 301 g/mol. The van der Waals surface area contributed by atoms with E-state index in [0.717, 1.165) is 28.0 Å². The third-order valence-electron chi connectivity index (χ3n) is 3.42. The zero-order valence-corrected chi connectivity index (χ0v) is 12.9. The van der Waals surface area contributed by atoms with Gasteiger partial charge >= 0.3 is 0 Å². The number of benzene rings is 1. The molecular formula is C16H16ClN3O. The van der Waals surface area contributed by atoms with Gasteiger partial charge in [-0.1, -0.05) is 23.7 Å². The fraction of sp³-hybridized carbons (Fsp3) is 0.250. The van der Waals surface area contributed by atoms with Crippen molar-refractivity contribution in [2.75, 3.05) is 0 Å². The van der Waals surface area contributed by atoms with Gasteiger partial charge in [0.15, 0.2) is 5.65 Å². The van der Waals surface area contributed by atoms with E-state index in [4.69, 9.17) is 16.6 Å². The van der Waals surface area contributed by atoms with E-state index >= 15 is 0 Å². The van der Waals surface area contributed by atoms with E-state index in [1.54, 1.807) is 18.2 Å². The number of phenolic OH excluding ortho intramolecular Hbond substituents is 1. The van der Waals surface area contributed by atoms with Gasteiger partial charge in [-0.05, 0) is 39.0 Å². The fourth-order valence-corrected chi connectivity index (χ4v) is 2.76. The highest BCUT2D eigenvalue weighted by molar-refractivity contribution is 6.35. The number of aromatic hydroxyl groups is 1. The molecule has 4 nitrogen and oxygen atoms in total. The Labute approximate surface area is 128 Å². The lowest BCUT2D eigenvalue weighted by Crippen LogP contribution is -2.04. The van der Waals surface area contributed by atoms with Gasteiger partial charge in [-0.15, -0.1) is 0 Å². The van der Waals surface area contributed by atoms with Gasteiger partial charge in [0.1, 0.15) is 5.75 Å². The zero-order chi connectivity index (χ0) is 15.1. The van der Waals surface area contributed by atoms with Gasteiger partial charge in [0, 0.05) is 11.6 Å². The molecule has 0 bridgehead atoms. The first-order valence-corrected chi connectivity index (χ1v) is 7.20. The summed E-state index contributed by atoms with van der Waals surface area (Å²) in [5.74, 6) is 0.207. The van der Waals surface area contributed by atoms with Gasteiger partial charge in [-0.25, -0.2) is 9.67 Å². The molecule has 5 heteroatoms. The van der Waals surface area contributed by atoms with E-state index in [1.807, 2.05) is 23.7 Å². The Kier molecular flexibility index (Phi) is 3.33. The minimum atomic E-state index is 0.198. The molecule has 0 aliphatic heterocycles. The molecule has 2 aromatic heterocycles. The number of nitrogens with zero attached hydrogens (tertiary/aromatic N) is 3. The Hall–Kier alpha value is -2.07. The van der Waals surface area contributed by atoms with Crippen LogP contribution in [0.25, 0.3) is 22.3 Å². The van der Waals surface area contributed by atoms with E-state index < -0.39 is 0 Å². The van der Waals surface area contributed by atoms with Crippen LogP contribution in [0, 0.1) is 6.92 Å². The van der Waals surface area contributed by atoms with Crippen LogP contribution in [-0.4, -0.2) is 19.9 Å². The quantitative estimate of drug-likeness (QED) is 0.765. The van der Waals surface area contributed by atoms with Crippen LogP contribution in [-0.2, 0) is 0 Å². The molecule has 3 rings (SSSR count). The van der Waals surface area contributed by atoms with Crippen molar-refractivity contribution >= 4 is 22.6 Å². The number of hydrogen-bond donors (Lipinski definition) is 1. The van der Waals surface area contributed by atoms with Crippen molar-refractivity contribution < 1.29 is 5.11 Å². The van der Waals surface area contributed by atoms with Crippen LogP contribution in [0.15, 0.2) is 30.3 Å². The zero-order valence-electron chi connectivity index (χ0n) is 12.1. The summed E-state index contributed by atoms with van der Waals surface area (Å²) in [4.78, 5) is 4.69. The molecule has 0 spiro atoms. The molecule has 108 valence electrons. The van der Waals surface area contributed by atoms with Crippen LogP contribution in [0.5, 0.6) is 5.75 Å². The summed E-state index contributed by atoms with van der Waals surface area (Å²) in [5.41, 5.74) is 3.20. The SMILES string of the molecule is Cc1nn(C(C)C)c2nc(-c3cccc(O)c3)cc(Cl)c12. The first kappa shape index (κ1) is 13.9. The van der Waals surface area contributed by atoms with Crippen LogP contribution >= 0.6 is 11.6 Å². The Balaban J connectivity index is 2.29. The average Bonchev–Trinajstić information content (AvgIpc) is 2.76. The highest BCUT2D eigenvalue weighted by atomic mass is 35.5. The van der Waals surface area contributed by atoms with Crippen LogP contribution in [0.2, 0.25) is 5.02 Å². The summed E-state index contributed by atoms with van der Waals surface area (Å²) in [6, 6.07) is 9.00. The number of hydrogen-bond acceptors (Lipinski definition) is 3. The molecule has 0 atom stereocenters. The predicted octanol–water partition coefficient (Wildman–Crippen LogP) is 4.35. The smallest absolute Gasteiger partial charge is 0.160 e. The lowest BCUT2D eigenvalue weighted by atomic mass is 10.1. The van der Waals surface area contributed by atoms with Crippen LogP contribution in [0.4, 0.5) is 0 Å². The molecule has 21 heavy (non-hydrogen) atoms. The van der Waals surface area contributed by atoms with Crippen molar-refractivity contribution in [3.63, 3.8) is 0 Å². The third kappa shape index (κ3) is 2.36. The molecule has 0 amide bonds. The van der Waals surface area contributed by atoms with Gasteiger partial charge in [-0.3, -0.25) is 0 Å². The summed E-state index contributed by atoms with van der Waals surface area (Å²) in [5, 5.41) is 15.7. The van der Waals surface area contributed by atoms with E-state index in [-0.39, 0.29) is 11.8 Å². The van der Waals surface area contributed by atoms with E-state index in [2.05, 4.69) is 18.9 Å². The van der Waals surface area contributed by atoms with E-state index in [9.17, 15) is 5.11 Å². The molecule has 3 aromatic rings. The van der Waals surface area contributed by atoms with Crippen molar-refractivity contribution in [3.8, 4) is 17.0 Å². The lowest BCUT2D eigenvalue weighted by molar-refractivity contribution is 0.475. The summed E-state index contributed by atoms with van der Waals surface area (Å²) in [6.07, 6.45) is 0. The molecule has 1 N–H and O–H groups in total. The molecule has 2 heterocycles. The van der Waals surface area contributed by atoms with Crippen LogP contribution < -0.4 is 0 Å². The Morgan fingerprint density at radius 2 is 2.00 bits per heavy atom. The Morgan fingerprint density at radius 1 is 1.24 bits per heavy atom. The molecular weight excluding hydrogens is 286 g/mol. The average molecular weight is 302 g/mol. The van der Waals surface area contributed by atoms with Crippen LogP contribution in [0.3, 0.4) is 0 Å². The number of fused-ring (bicyclic) bond motifs is 1. The minimum Gasteiger partial charge on any atom is -0.508 e. The van der Waals surface area contributed by atoms with E-state index in [1.165, 1.54) is 0 Å². The Bertz CT molecular complexity index is 824. The largest absolute Gasteiger partial charge is 0.508 e. The first-order chi connectivity index (χ1) is 9.97. The first-order valence-electron chi connectivity index (χ1n) is 6.82. The molecule has 0 aliphatic rings. The molecule has 0 unspecified atom stereocenters. The maximum atomic E-state index is 9.63. The second-order valence-corrected chi connectivity index (χ2v) is 5.77. The number of aromatic nitrogens is 3. The van der Waals surface area contributed by atoms with Crippen molar-refractivity contribution in [3.05, 3.63) is 41.0 Å². The van der Waals surface area contributed by atoms with Gasteiger partial charge in [0.2, 0.25) is 0 Å². The summed E-state index contributed by atoms with van der Waals surface area (Å²) in [6.45, 7) is 6.05. The molecule has 0 fully saturated rings. The topological polar surface area (TPSA) is 50.9 Å². The van der Waals surface area contributed by atoms with Crippen molar-refractivity contribution in [1.29, 1.82) is 0 Å². The fourth-order valence-electron chi connectivity index (χ4n) is 2.43. The van der Waals surface area contributed by atoms with Gasteiger partial charge in [0.25, 0.3) is 0 Å². The van der Waals surface area contributed by atoms with Gasteiger partial charge in [0.05, 0.1) is 21.8 Å².